The Balaban J connectivity index is 1.70. The van der Waals surface area contributed by atoms with Crippen molar-refractivity contribution in [2.45, 2.75) is 6.54 Å². The van der Waals surface area contributed by atoms with Gasteiger partial charge >= 0.3 is 0 Å². The fraction of sp³-hybridized carbons (Fsp3) is 0.278. The van der Waals surface area contributed by atoms with E-state index in [0.717, 1.165) is 5.75 Å². The van der Waals surface area contributed by atoms with Gasteiger partial charge in [0.2, 0.25) is 5.91 Å². The van der Waals surface area contributed by atoms with Gasteiger partial charge in [0.05, 0.1) is 13.1 Å². The second kappa shape index (κ2) is 9.25. The average molecular weight is 351 g/mol. The Kier molecular flexibility index (Phi) is 7.03. The second-order valence-electron chi connectivity index (χ2n) is 5.38. The maximum atomic E-state index is 13.7. The van der Waals surface area contributed by atoms with Gasteiger partial charge in [0.25, 0.3) is 0 Å². The van der Waals surface area contributed by atoms with Gasteiger partial charge in [-0.05, 0) is 31.3 Å². The van der Waals surface area contributed by atoms with E-state index in [-0.39, 0.29) is 24.8 Å². The SMILES string of the molecule is CN(CC(=O)NCCOc1ccccc1)Cc1c(F)cccc1Cl. The maximum absolute atomic E-state index is 13.7. The highest BCUT2D eigenvalue weighted by Gasteiger charge is 2.12. The van der Waals surface area contributed by atoms with Gasteiger partial charge in [-0.1, -0.05) is 35.9 Å². The molecule has 0 radical (unpaired) electrons. The summed E-state index contributed by atoms with van der Waals surface area (Å²) in [5, 5.41) is 3.13. The fourth-order valence-corrected chi connectivity index (χ4v) is 2.41. The molecule has 0 heterocycles. The molecule has 0 aliphatic rings. The summed E-state index contributed by atoms with van der Waals surface area (Å²) in [4.78, 5) is 13.6. The van der Waals surface area contributed by atoms with E-state index in [1.54, 1.807) is 24.1 Å². The first-order chi connectivity index (χ1) is 11.6. The zero-order valence-electron chi connectivity index (χ0n) is 13.5. The molecule has 0 saturated carbocycles. The summed E-state index contributed by atoms with van der Waals surface area (Å²) in [6, 6.07) is 13.9. The molecule has 2 rings (SSSR count). The Hall–Kier alpha value is -2.11. The van der Waals surface area contributed by atoms with E-state index in [4.69, 9.17) is 16.3 Å². The topological polar surface area (TPSA) is 41.6 Å². The number of para-hydroxylation sites is 1. The summed E-state index contributed by atoms with van der Waals surface area (Å²) in [6.07, 6.45) is 0. The van der Waals surface area contributed by atoms with Crippen molar-refractivity contribution in [3.8, 4) is 5.75 Å². The van der Waals surface area contributed by atoms with Crippen LogP contribution in [0.3, 0.4) is 0 Å². The second-order valence-corrected chi connectivity index (χ2v) is 5.79. The summed E-state index contributed by atoms with van der Waals surface area (Å²) in [5.41, 5.74) is 0.391. The number of likely N-dealkylation sites (N-methyl/N-ethyl adjacent to an activating group) is 1. The summed E-state index contributed by atoms with van der Waals surface area (Å²) in [6.45, 7) is 1.20. The average Bonchev–Trinajstić information content (AvgIpc) is 2.56. The lowest BCUT2D eigenvalue weighted by molar-refractivity contribution is -0.122. The van der Waals surface area contributed by atoms with Crippen LogP contribution in [0.1, 0.15) is 5.56 Å². The van der Waals surface area contributed by atoms with Crippen LogP contribution in [0.25, 0.3) is 0 Å². The molecule has 6 heteroatoms. The van der Waals surface area contributed by atoms with E-state index in [1.807, 2.05) is 30.3 Å². The van der Waals surface area contributed by atoms with E-state index in [9.17, 15) is 9.18 Å². The number of nitrogens with one attached hydrogen (secondary N) is 1. The van der Waals surface area contributed by atoms with Crippen LogP contribution in [0.2, 0.25) is 5.02 Å². The van der Waals surface area contributed by atoms with Crippen molar-refractivity contribution < 1.29 is 13.9 Å². The van der Waals surface area contributed by atoms with Gasteiger partial charge in [-0.3, -0.25) is 9.69 Å². The van der Waals surface area contributed by atoms with Crippen molar-refractivity contribution in [2.75, 3.05) is 26.7 Å². The molecule has 0 aliphatic carbocycles. The van der Waals surface area contributed by atoms with Crippen LogP contribution in [0.15, 0.2) is 48.5 Å². The van der Waals surface area contributed by atoms with Crippen LogP contribution in [-0.2, 0) is 11.3 Å². The number of benzene rings is 2. The molecular formula is C18H20ClFN2O2. The summed E-state index contributed by atoms with van der Waals surface area (Å²) in [7, 11) is 1.74. The van der Waals surface area contributed by atoms with Crippen LogP contribution < -0.4 is 10.1 Å². The zero-order valence-corrected chi connectivity index (χ0v) is 14.2. The molecule has 0 spiro atoms. The fourth-order valence-electron chi connectivity index (χ4n) is 2.19. The highest BCUT2D eigenvalue weighted by Crippen LogP contribution is 2.20. The highest BCUT2D eigenvalue weighted by atomic mass is 35.5. The molecule has 1 N–H and O–H groups in total. The third-order valence-corrected chi connectivity index (χ3v) is 3.69. The minimum atomic E-state index is -0.369. The molecule has 1 amide bonds. The van der Waals surface area contributed by atoms with Crippen LogP contribution >= 0.6 is 11.6 Å². The summed E-state index contributed by atoms with van der Waals surface area (Å²) in [5.74, 6) is 0.241. The van der Waals surface area contributed by atoms with E-state index in [0.29, 0.717) is 23.7 Å². The van der Waals surface area contributed by atoms with Crippen LogP contribution in [0, 0.1) is 5.82 Å². The minimum Gasteiger partial charge on any atom is -0.492 e. The molecule has 0 saturated heterocycles. The summed E-state index contributed by atoms with van der Waals surface area (Å²) < 4.78 is 19.2. The predicted octanol–water partition coefficient (Wildman–Crippen LogP) is 3.11. The maximum Gasteiger partial charge on any atom is 0.234 e. The molecule has 4 nitrogen and oxygen atoms in total. The van der Waals surface area contributed by atoms with Crippen LogP contribution in [0.4, 0.5) is 4.39 Å². The van der Waals surface area contributed by atoms with Crippen LogP contribution in [0.5, 0.6) is 5.75 Å². The molecular weight excluding hydrogens is 331 g/mol. The van der Waals surface area contributed by atoms with Crippen molar-refractivity contribution in [2.24, 2.45) is 0 Å². The molecule has 2 aromatic carbocycles. The van der Waals surface area contributed by atoms with E-state index < -0.39 is 0 Å². The molecule has 0 bridgehead atoms. The Bertz CT molecular complexity index is 647. The summed E-state index contributed by atoms with van der Waals surface area (Å²) >= 11 is 5.99. The normalized spacial score (nSPS) is 10.7. The van der Waals surface area contributed by atoms with Crippen molar-refractivity contribution in [1.82, 2.24) is 10.2 Å². The molecule has 0 unspecified atom stereocenters. The predicted molar refractivity (Wildman–Crippen MR) is 92.7 cm³/mol. The van der Waals surface area contributed by atoms with Crippen LogP contribution in [-0.4, -0.2) is 37.6 Å². The van der Waals surface area contributed by atoms with E-state index in [1.165, 1.54) is 6.07 Å². The van der Waals surface area contributed by atoms with E-state index in [2.05, 4.69) is 5.32 Å². The number of carbonyl (C=O) groups excluding carboxylic acids is 1. The van der Waals surface area contributed by atoms with Gasteiger partial charge in [-0.15, -0.1) is 0 Å². The van der Waals surface area contributed by atoms with Crippen molar-refractivity contribution >= 4 is 17.5 Å². The molecule has 128 valence electrons. The Morgan fingerprint density at radius 1 is 1.21 bits per heavy atom. The third-order valence-electron chi connectivity index (χ3n) is 3.34. The Morgan fingerprint density at radius 2 is 1.96 bits per heavy atom. The van der Waals surface area contributed by atoms with Gasteiger partial charge in [0.15, 0.2) is 0 Å². The number of hydrogen-bond acceptors (Lipinski definition) is 3. The molecule has 0 aliphatic heterocycles. The van der Waals surface area contributed by atoms with Gasteiger partial charge in [-0.2, -0.15) is 0 Å². The number of carbonyl (C=O) groups is 1. The first kappa shape index (κ1) is 18.2. The number of halogens is 2. The van der Waals surface area contributed by atoms with Gasteiger partial charge in [0.1, 0.15) is 18.2 Å². The zero-order chi connectivity index (χ0) is 17.4. The largest absolute Gasteiger partial charge is 0.492 e. The number of hydrogen-bond donors (Lipinski definition) is 1. The quantitative estimate of drug-likeness (QED) is 0.744. The Labute approximate surface area is 146 Å². The standard InChI is InChI=1S/C18H20ClFN2O2/c1-22(12-15-16(19)8-5-9-17(15)20)13-18(23)21-10-11-24-14-6-3-2-4-7-14/h2-9H,10-13H2,1H3,(H,21,23). The van der Waals surface area contributed by atoms with Crippen molar-refractivity contribution in [3.05, 3.63) is 64.9 Å². The lowest BCUT2D eigenvalue weighted by Crippen LogP contribution is -2.37. The van der Waals surface area contributed by atoms with E-state index >= 15 is 0 Å². The van der Waals surface area contributed by atoms with Gasteiger partial charge in [-0.25, -0.2) is 4.39 Å². The van der Waals surface area contributed by atoms with Gasteiger partial charge < -0.3 is 10.1 Å². The molecule has 0 fully saturated rings. The Morgan fingerprint density at radius 3 is 2.67 bits per heavy atom. The molecule has 24 heavy (non-hydrogen) atoms. The van der Waals surface area contributed by atoms with Crippen molar-refractivity contribution in [1.29, 1.82) is 0 Å². The number of rotatable bonds is 8. The third kappa shape index (κ3) is 5.83. The minimum absolute atomic E-state index is 0.149. The monoisotopic (exact) mass is 350 g/mol. The lowest BCUT2D eigenvalue weighted by atomic mass is 10.2. The molecule has 0 atom stereocenters. The first-order valence-electron chi connectivity index (χ1n) is 7.62. The molecule has 0 aromatic heterocycles. The number of nitrogens with zero attached hydrogens (tertiary/aromatic N) is 1. The van der Waals surface area contributed by atoms with Gasteiger partial charge in [0, 0.05) is 17.1 Å². The molecule has 2 aromatic rings. The highest BCUT2D eigenvalue weighted by molar-refractivity contribution is 6.31. The number of ether oxygens (including phenoxy) is 1. The first-order valence-corrected chi connectivity index (χ1v) is 8.00. The lowest BCUT2D eigenvalue weighted by Gasteiger charge is -2.17. The smallest absolute Gasteiger partial charge is 0.234 e. The van der Waals surface area contributed by atoms with Crippen molar-refractivity contribution in [3.63, 3.8) is 0 Å². The number of amides is 1.